The van der Waals surface area contributed by atoms with Crippen LogP contribution in [0.4, 0.5) is 0 Å². The predicted octanol–water partition coefficient (Wildman–Crippen LogP) is 4.45. The van der Waals surface area contributed by atoms with Gasteiger partial charge in [0.05, 0.1) is 6.61 Å². The molecule has 0 aliphatic heterocycles. The van der Waals surface area contributed by atoms with Crippen LogP contribution in [-0.4, -0.2) is 27.5 Å². The number of hydroxylamine groups is 1. The first kappa shape index (κ1) is 24.5. The minimum Gasteiger partial charge on any atom is -0.303 e. The van der Waals surface area contributed by atoms with Crippen LogP contribution in [0.15, 0.2) is 0 Å². The van der Waals surface area contributed by atoms with Crippen molar-refractivity contribution in [2.75, 3.05) is 6.61 Å². The van der Waals surface area contributed by atoms with Crippen LogP contribution in [0.2, 0.25) is 0 Å². The van der Waals surface area contributed by atoms with Crippen LogP contribution in [-0.2, 0) is 13.9 Å². The van der Waals surface area contributed by atoms with Gasteiger partial charge in [-0.05, 0) is 12.8 Å². The van der Waals surface area contributed by atoms with Gasteiger partial charge in [0.1, 0.15) is 0 Å². The van der Waals surface area contributed by atoms with Crippen LogP contribution in [0.5, 0.6) is 0 Å². The molecule has 4 N–H and O–H groups in total. The molecule has 7 nitrogen and oxygen atoms in total. The molecule has 0 bridgehead atoms. The van der Waals surface area contributed by atoms with Crippen molar-refractivity contribution in [2.24, 2.45) is 0 Å². The average Bonchev–Trinajstić information content (AvgIpc) is 2.56. The predicted molar refractivity (Wildman–Crippen MR) is 97.2 cm³/mol. The lowest BCUT2D eigenvalue weighted by molar-refractivity contribution is -0.129. The zero-order valence-electron chi connectivity index (χ0n) is 15.3. The molecule has 0 aliphatic rings. The van der Waals surface area contributed by atoms with E-state index in [9.17, 15) is 9.36 Å². The quantitative estimate of drug-likeness (QED) is 0.121. The summed E-state index contributed by atoms with van der Waals surface area (Å²) in [6, 6.07) is 0. The second-order valence-electron chi connectivity index (χ2n) is 6.56. The Morgan fingerprint density at radius 2 is 1.08 bits per heavy atom. The Labute approximate surface area is 151 Å². The molecule has 0 heterocycles. The van der Waals surface area contributed by atoms with E-state index in [0.29, 0.717) is 12.8 Å². The van der Waals surface area contributed by atoms with Crippen molar-refractivity contribution in [3.63, 3.8) is 0 Å². The number of rotatable bonds is 18. The van der Waals surface area contributed by atoms with Gasteiger partial charge in [-0.2, -0.15) is 0 Å². The third-order valence-corrected chi connectivity index (χ3v) is 4.70. The summed E-state index contributed by atoms with van der Waals surface area (Å²) in [5, 5.41) is 8.36. The number of unbranched alkanes of at least 4 members (excludes halogenated alkanes) is 13. The van der Waals surface area contributed by atoms with Gasteiger partial charge < -0.3 is 9.79 Å². The van der Waals surface area contributed by atoms with Crippen LogP contribution in [0.25, 0.3) is 0 Å². The van der Waals surface area contributed by atoms with Crippen molar-refractivity contribution in [3.8, 4) is 0 Å². The number of amides is 1. The minimum absolute atomic E-state index is 0.138. The molecule has 1 amide bonds. The molecule has 0 rings (SSSR count). The lowest BCUT2D eigenvalue weighted by atomic mass is 10.0. The second kappa shape index (κ2) is 17.0. The Balaban J connectivity index is 3.07. The minimum atomic E-state index is -4.28. The highest BCUT2D eigenvalue weighted by molar-refractivity contribution is 7.46. The lowest BCUT2D eigenvalue weighted by Gasteiger charge is -2.05. The molecule has 0 saturated carbocycles. The fraction of sp³-hybridized carbons (Fsp3) is 0.941. The summed E-state index contributed by atoms with van der Waals surface area (Å²) >= 11 is 0. The van der Waals surface area contributed by atoms with Gasteiger partial charge in [-0.1, -0.05) is 77.0 Å². The molecule has 150 valence electrons. The van der Waals surface area contributed by atoms with E-state index in [1.54, 1.807) is 5.48 Å². The summed E-state index contributed by atoms with van der Waals surface area (Å²) in [4.78, 5) is 27.9. The standard InChI is InChI=1S/C17H36NO6P/c19-17(18-20)15-13-11-9-7-5-3-1-2-4-6-8-10-12-14-16-24-25(21,22)23/h20H,1-16H2,(H,18,19)(H2,21,22,23). The van der Waals surface area contributed by atoms with E-state index < -0.39 is 7.82 Å². The molecular formula is C17H36NO6P. The van der Waals surface area contributed by atoms with Crippen molar-refractivity contribution < 1.29 is 28.9 Å². The first-order valence-electron chi connectivity index (χ1n) is 9.59. The van der Waals surface area contributed by atoms with Crippen LogP contribution in [0.3, 0.4) is 0 Å². The zero-order chi connectivity index (χ0) is 18.8. The summed E-state index contributed by atoms with van der Waals surface area (Å²) in [6.45, 7) is 0.138. The third kappa shape index (κ3) is 21.5. The number of nitrogens with one attached hydrogen (secondary N) is 1. The maximum atomic E-state index is 10.8. The number of phosphoric acid groups is 1. The van der Waals surface area contributed by atoms with Crippen molar-refractivity contribution in [1.29, 1.82) is 0 Å². The number of phosphoric ester groups is 1. The number of carbonyl (C=O) groups is 1. The molecule has 0 radical (unpaired) electrons. The molecular weight excluding hydrogens is 345 g/mol. The monoisotopic (exact) mass is 381 g/mol. The molecule has 0 aromatic carbocycles. The van der Waals surface area contributed by atoms with E-state index >= 15 is 0 Å². The molecule has 0 spiro atoms. The Hall–Kier alpha value is -0.460. The highest BCUT2D eigenvalue weighted by Gasteiger charge is 2.12. The summed E-state index contributed by atoms with van der Waals surface area (Å²) in [5.74, 6) is -0.297. The number of carbonyl (C=O) groups excluding carboxylic acids is 1. The summed E-state index contributed by atoms with van der Waals surface area (Å²) < 4.78 is 14.9. The Morgan fingerprint density at radius 1 is 0.720 bits per heavy atom. The van der Waals surface area contributed by atoms with E-state index in [-0.39, 0.29) is 12.5 Å². The van der Waals surface area contributed by atoms with Crippen LogP contribution in [0, 0.1) is 0 Å². The molecule has 0 aromatic rings. The van der Waals surface area contributed by atoms with E-state index in [1.165, 1.54) is 51.4 Å². The van der Waals surface area contributed by atoms with Crippen molar-refractivity contribution in [1.82, 2.24) is 5.48 Å². The molecule has 0 fully saturated rings. The van der Waals surface area contributed by atoms with E-state index in [2.05, 4.69) is 4.52 Å². The molecule has 0 aromatic heterocycles. The normalized spacial score (nSPS) is 11.6. The molecule has 25 heavy (non-hydrogen) atoms. The maximum Gasteiger partial charge on any atom is 0.469 e. The lowest BCUT2D eigenvalue weighted by Crippen LogP contribution is -2.17. The van der Waals surface area contributed by atoms with Gasteiger partial charge in [-0.15, -0.1) is 0 Å². The zero-order valence-corrected chi connectivity index (χ0v) is 16.2. The van der Waals surface area contributed by atoms with Gasteiger partial charge in [0, 0.05) is 6.42 Å². The molecule has 0 saturated heterocycles. The van der Waals surface area contributed by atoms with Crippen LogP contribution in [0.1, 0.15) is 96.3 Å². The number of hydrogen-bond acceptors (Lipinski definition) is 4. The SMILES string of the molecule is O=C(CCCCCCCCCCCCCCCCOP(=O)(O)O)NO. The molecule has 0 atom stereocenters. The van der Waals surface area contributed by atoms with E-state index in [1.807, 2.05) is 0 Å². The fourth-order valence-corrected chi connectivity index (χ4v) is 3.12. The smallest absolute Gasteiger partial charge is 0.303 e. The van der Waals surface area contributed by atoms with E-state index in [4.69, 9.17) is 15.0 Å². The van der Waals surface area contributed by atoms with Gasteiger partial charge in [0.2, 0.25) is 5.91 Å². The van der Waals surface area contributed by atoms with Crippen molar-refractivity contribution >= 4 is 13.7 Å². The average molecular weight is 381 g/mol. The third-order valence-electron chi connectivity index (χ3n) is 4.18. The molecule has 0 aliphatic carbocycles. The molecule has 8 heteroatoms. The highest BCUT2D eigenvalue weighted by atomic mass is 31.2. The Bertz CT molecular complexity index is 361. The van der Waals surface area contributed by atoms with Crippen molar-refractivity contribution in [2.45, 2.75) is 96.3 Å². The summed E-state index contributed by atoms with van der Waals surface area (Å²) in [6.07, 6.45) is 16.2. The summed E-state index contributed by atoms with van der Waals surface area (Å²) in [5.41, 5.74) is 1.65. The van der Waals surface area contributed by atoms with Gasteiger partial charge in [-0.25, -0.2) is 10.0 Å². The van der Waals surface area contributed by atoms with Crippen LogP contribution < -0.4 is 5.48 Å². The van der Waals surface area contributed by atoms with Gasteiger partial charge in [-0.3, -0.25) is 14.5 Å². The summed E-state index contributed by atoms with van der Waals surface area (Å²) in [7, 11) is -4.28. The van der Waals surface area contributed by atoms with Gasteiger partial charge in [0.15, 0.2) is 0 Å². The van der Waals surface area contributed by atoms with E-state index in [0.717, 1.165) is 32.1 Å². The topological polar surface area (TPSA) is 116 Å². The largest absolute Gasteiger partial charge is 0.469 e. The second-order valence-corrected chi connectivity index (χ2v) is 7.80. The highest BCUT2D eigenvalue weighted by Crippen LogP contribution is 2.35. The fourth-order valence-electron chi connectivity index (χ4n) is 2.75. The Kier molecular flexibility index (Phi) is 16.7. The maximum absolute atomic E-state index is 10.8. The van der Waals surface area contributed by atoms with Gasteiger partial charge in [0.25, 0.3) is 0 Å². The van der Waals surface area contributed by atoms with Crippen LogP contribution >= 0.6 is 7.82 Å². The molecule has 0 unspecified atom stereocenters. The first-order valence-corrected chi connectivity index (χ1v) is 11.1. The number of hydrogen-bond donors (Lipinski definition) is 4. The first-order chi connectivity index (χ1) is 12.0. The van der Waals surface area contributed by atoms with Crippen molar-refractivity contribution in [3.05, 3.63) is 0 Å². The van der Waals surface area contributed by atoms with Gasteiger partial charge >= 0.3 is 7.82 Å². The Morgan fingerprint density at radius 3 is 1.44 bits per heavy atom.